The molecule has 0 aromatic rings. The van der Waals surface area contributed by atoms with Gasteiger partial charge < -0.3 is 10.1 Å². The van der Waals surface area contributed by atoms with Crippen LogP contribution in [0, 0.1) is 5.92 Å². The Morgan fingerprint density at radius 2 is 2.00 bits per heavy atom. The fourth-order valence-corrected chi connectivity index (χ4v) is 3.51. The lowest BCUT2D eigenvalue weighted by Crippen LogP contribution is -2.64. The first-order chi connectivity index (χ1) is 8.51. The molecule has 1 N–H and O–H groups in total. The molecule has 2 unspecified atom stereocenters. The summed E-state index contributed by atoms with van der Waals surface area (Å²) in [5.74, 6) is 0.778. The molecule has 2 aliphatic rings. The number of hydrogen-bond donors (Lipinski definition) is 1. The average molecular weight is 254 g/mol. The molecule has 3 nitrogen and oxygen atoms in total. The summed E-state index contributed by atoms with van der Waals surface area (Å²) in [6.45, 7) is 13.6. The second kappa shape index (κ2) is 5.89. The van der Waals surface area contributed by atoms with Gasteiger partial charge in [0.25, 0.3) is 0 Å². The van der Waals surface area contributed by atoms with Gasteiger partial charge in [0.05, 0.1) is 0 Å². The third-order valence-corrected chi connectivity index (χ3v) is 4.67. The van der Waals surface area contributed by atoms with Gasteiger partial charge in [-0.25, -0.2) is 0 Å². The summed E-state index contributed by atoms with van der Waals surface area (Å²) in [6.07, 6.45) is 3.66. The molecule has 2 atom stereocenters. The van der Waals surface area contributed by atoms with Gasteiger partial charge in [-0.15, -0.1) is 0 Å². The Kier molecular flexibility index (Phi) is 4.68. The van der Waals surface area contributed by atoms with Gasteiger partial charge in [0.2, 0.25) is 0 Å². The van der Waals surface area contributed by atoms with E-state index in [1.807, 2.05) is 0 Å². The molecule has 0 aromatic heterocycles. The predicted molar refractivity (Wildman–Crippen MR) is 75.9 cm³/mol. The van der Waals surface area contributed by atoms with Gasteiger partial charge in [0.1, 0.15) is 0 Å². The SMILES string of the molecule is CC(C)CC1CN(C2(C)CCOCC2)C(C)CN1. The van der Waals surface area contributed by atoms with E-state index in [2.05, 4.69) is 37.9 Å². The van der Waals surface area contributed by atoms with Crippen molar-refractivity contribution in [2.75, 3.05) is 26.3 Å². The highest BCUT2D eigenvalue weighted by Gasteiger charge is 2.39. The van der Waals surface area contributed by atoms with Crippen molar-refractivity contribution in [3.05, 3.63) is 0 Å². The van der Waals surface area contributed by atoms with E-state index in [-0.39, 0.29) is 0 Å². The molecule has 0 radical (unpaired) electrons. The van der Waals surface area contributed by atoms with Crippen LogP contribution < -0.4 is 5.32 Å². The molecule has 2 saturated heterocycles. The minimum absolute atomic E-state index is 0.356. The summed E-state index contributed by atoms with van der Waals surface area (Å²) in [5, 5.41) is 3.71. The van der Waals surface area contributed by atoms with E-state index >= 15 is 0 Å². The lowest BCUT2D eigenvalue weighted by atomic mass is 9.86. The Bertz CT molecular complexity index is 261. The molecule has 106 valence electrons. The summed E-state index contributed by atoms with van der Waals surface area (Å²) in [7, 11) is 0. The fraction of sp³-hybridized carbons (Fsp3) is 1.00. The molecule has 3 heteroatoms. The molecule has 0 amide bonds. The molecule has 2 fully saturated rings. The summed E-state index contributed by atoms with van der Waals surface area (Å²) in [6, 6.07) is 1.32. The van der Waals surface area contributed by atoms with Crippen molar-refractivity contribution in [3.63, 3.8) is 0 Å². The summed E-state index contributed by atoms with van der Waals surface area (Å²) < 4.78 is 5.54. The van der Waals surface area contributed by atoms with Crippen LogP contribution in [-0.4, -0.2) is 48.8 Å². The van der Waals surface area contributed by atoms with Gasteiger partial charge >= 0.3 is 0 Å². The first kappa shape index (κ1) is 14.3. The Labute approximate surface area is 112 Å². The van der Waals surface area contributed by atoms with E-state index in [9.17, 15) is 0 Å². The maximum Gasteiger partial charge on any atom is 0.0483 e. The van der Waals surface area contributed by atoms with Gasteiger partial charge in [-0.05, 0) is 39.0 Å². The molecule has 18 heavy (non-hydrogen) atoms. The van der Waals surface area contributed by atoms with E-state index in [1.165, 1.54) is 25.8 Å². The Balaban J connectivity index is 2.00. The predicted octanol–water partition coefficient (Wildman–Crippen LogP) is 2.26. The van der Waals surface area contributed by atoms with Crippen LogP contribution in [0.2, 0.25) is 0 Å². The first-order valence-electron chi connectivity index (χ1n) is 7.59. The van der Waals surface area contributed by atoms with Crippen molar-refractivity contribution in [2.45, 2.75) is 64.6 Å². The minimum Gasteiger partial charge on any atom is -0.381 e. The highest BCUT2D eigenvalue weighted by molar-refractivity contribution is 4.96. The second-order valence-electron chi connectivity index (χ2n) is 6.85. The van der Waals surface area contributed by atoms with Crippen molar-refractivity contribution >= 4 is 0 Å². The quantitative estimate of drug-likeness (QED) is 0.836. The molecule has 0 aliphatic carbocycles. The number of hydrogen-bond acceptors (Lipinski definition) is 3. The number of nitrogens with zero attached hydrogens (tertiary/aromatic N) is 1. The van der Waals surface area contributed by atoms with Crippen molar-refractivity contribution in [1.29, 1.82) is 0 Å². The molecular weight excluding hydrogens is 224 g/mol. The van der Waals surface area contributed by atoms with Crippen LogP contribution in [0.15, 0.2) is 0 Å². The van der Waals surface area contributed by atoms with Crippen molar-refractivity contribution in [1.82, 2.24) is 10.2 Å². The zero-order valence-electron chi connectivity index (χ0n) is 12.5. The van der Waals surface area contributed by atoms with Gasteiger partial charge in [-0.1, -0.05) is 13.8 Å². The van der Waals surface area contributed by atoms with E-state index in [0.29, 0.717) is 17.6 Å². The lowest BCUT2D eigenvalue weighted by Gasteiger charge is -2.51. The zero-order chi connectivity index (χ0) is 13.2. The van der Waals surface area contributed by atoms with Crippen LogP contribution >= 0.6 is 0 Å². The molecule has 2 aliphatic heterocycles. The summed E-state index contributed by atoms with van der Waals surface area (Å²) in [5.41, 5.74) is 0.356. The van der Waals surface area contributed by atoms with Crippen molar-refractivity contribution in [3.8, 4) is 0 Å². The fourth-order valence-electron chi connectivity index (χ4n) is 3.51. The maximum atomic E-state index is 5.54. The highest BCUT2D eigenvalue weighted by Crippen LogP contribution is 2.31. The normalized spacial score (nSPS) is 33.8. The smallest absolute Gasteiger partial charge is 0.0483 e. The van der Waals surface area contributed by atoms with E-state index in [0.717, 1.165) is 25.7 Å². The molecule has 0 aromatic carbocycles. The van der Waals surface area contributed by atoms with Gasteiger partial charge in [-0.3, -0.25) is 4.90 Å². The third-order valence-electron chi connectivity index (χ3n) is 4.67. The number of nitrogens with one attached hydrogen (secondary N) is 1. The zero-order valence-corrected chi connectivity index (χ0v) is 12.5. The molecule has 0 spiro atoms. The Morgan fingerprint density at radius 1 is 1.33 bits per heavy atom. The number of piperazine rings is 1. The second-order valence-corrected chi connectivity index (χ2v) is 6.85. The van der Waals surface area contributed by atoms with Crippen LogP contribution in [0.3, 0.4) is 0 Å². The van der Waals surface area contributed by atoms with Crippen LogP contribution in [-0.2, 0) is 4.74 Å². The van der Waals surface area contributed by atoms with E-state index in [1.54, 1.807) is 0 Å². The topological polar surface area (TPSA) is 24.5 Å². The monoisotopic (exact) mass is 254 g/mol. The number of rotatable bonds is 3. The Morgan fingerprint density at radius 3 is 2.61 bits per heavy atom. The third kappa shape index (κ3) is 3.25. The largest absolute Gasteiger partial charge is 0.381 e. The maximum absolute atomic E-state index is 5.54. The van der Waals surface area contributed by atoms with Crippen LogP contribution in [0.5, 0.6) is 0 Å². The molecule has 2 rings (SSSR count). The van der Waals surface area contributed by atoms with Crippen LogP contribution in [0.4, 0.5) is 0 Å². The summed E-state index contributed by atoms with van der Waals surface area (Å²) in [4.78, 5) is 2.75. The van der Waals surface area contributed by atoms with Crippen molar-refractivity contribution in [2.24, 2.45) is 5.92 Å². The summed E-state index contributed by atoms with van der Waals surface area (Å²) >= 11 is 0. The van der Waals surface area contributed by atoms with Crippen LogP contribution in [0.1, 0.15) is 47.0 Å². The minimum atomic E-state index is 0.356. The average Bonchev–Trinajstić information content (AvgIpc) is 2.32. The Hall–Kier alpha value is -0.120. The van der Waals surface area contributed by atoms with Gasteiger partial charge in [0.15, 0.2) is 0 Å². The molecule has 2 heterocycles. The molecular formula is C15H30N2O. The van der Waals surface area contributed by atoms with Gasteiger partial charge in [0, 0.05) is 43.9 Å². The molecule has 0 saturated carbocycles. The lowest BCUT2D eigenvalue weighted by molar-refractivity contribution is -0.0508. The standard InChI is InChI=1S/C15H30N2O/c1-12(2)9-14-11-17(13(3)10-16-14)15(4)5-7-18-8-6-15/h12-14,16H,5-11H2,1-4H3. The van der Waals surface area contributed by atoms with Crippen LogP contribution in [0.25, 0.3) is 0 Å². The van der Waals surface area contributed by atoms with E-state index in [4.69, 9.17) is 4.74 Å². The van der Waals surface area contributed by atoms with Gasteiger partial charge in [-0.2, -0.15) is 0 Å². The van der Waals surface area contributed by atoms with E-state index < -0.39 is 0 Å². The van der Waals surface area contributed by atoms with Crippen molar-refractivity contribution < 1.29 is 4.74 Å². The molecule has 0 bridgehead atoms. The highest BCUT2D eigenvalue weighted by atomic mass is 16.5. The first-order valence-corrected chi connectivity index (χ1v) is 7.59. The number of ether oxygens (including phenoxy) is 1.